The van der Waals surface area contributed by atoms with Crippen LogP contribution in [0.25, 0.3) is 11.1 Å². The van der Waals surface area contributed by atoms with Crippen LogP contribution >= 0.6 is 22.9 Å². The molecular weight excluding hydrogens is 219 g/mol. The van der Waals surface area contributed by atoms with E-state index in [0.717, 1.165) is 11.1 Å². The van der Waals surface area contributed by atoms with Crippen molar-refractivity contribution in [3.05, 3.63) is 45.4 Å². The Morgan fingerprint density at radius 2 is 2.07 bits per heavy atom. The van der Waals surface area contributed by atoms with Gasteiger partial charge in [-0.05, 0) is 41.6 Å². The number of benzene rings is 1. The molecule has 0 aliphatic heterocycles. The van der Waals surface area contributed by atoms with Crippen LogP contribution in [0, 0.1) is 12.7 Å². The summed E-state index contributed by atoms with van der Waals surface area (Å²) in [6, 6.07) is 6.82. The van der Waals surface area contributed by atoms with Crippen LogP contribution in [0.2, 0.25) is 5.02 Å². The lowest BCUT2D eigenvalue weighted by Crippen LogP contribution is -1.80. The van der Waals surface area contributed by atoms with Gasteiger partial charge in [-0.15, -0.1) is 11.3 Å². The Morgan fingerprint density at radius 3 is 2.64 bits per heavy atom. The summed E-state index contributed by atoms with van der Waals surface area (Å²) in [6.07, 6.45) is 0. The molecule has 1 aromatic heterocycles. The first-order chi connectivity index (χ1) is 6.68. The summed E-state index contributed by atoms with van der Waals surface area (Å²) in [7, 11) is 0. The van der Waals surface area contributed by atoms with E-state index in [9.17, 15) is 4.39 Å². The molecule has 0 amide bonds. The number of hydrogen-bond donors (Lipinski definition) is 0. The van der Waals surface area contributed by atoms with Crippen LogP contribution in [0.3, 0.4) is 0 Å². The minimum Gasteiger partial charge on any atom is -0.205 e. The summed E-state index contributed by atoms with van der Waals surface area (Å²) in [5.74, 6) is -0.372. The summed E-state index contributed by atoms with van der Waals surface area (Å²) >= 11 is 7.38. The standard InChI is InChI=1S/C11H8ClFS/c1-7-9(4-5-14-7)8-2-3-11(13)10(12)6-8/h2-6H,1H3. The van der Waals surface area contributed by atoms with E-state index in [2.05, 4.69) is 0 Å². The molecule has 2 rings (SSSR count). The van der Waals surface area contributed by atoms with Crippen molar-refractivity contribution in [1.29, 1.82) is 0 Å². The molecule has 0 saturated carbocycles. The van der Waals surface area contributed by atoms with Crippen LogP contribution < -0.4 is 0 Å². The highest BCUT2D eigenvalue weighted by Gasteiger charge is 2.05. The lowest BCUT2D eigenvalue weighted by Gasteiger charge is -2.01. The van der Waals surface area contributed by atoms with E-state index >= 15 is 0 Å². The van der Waals surface area contributed by atoms with Crippen molar-refractivity contribution >= 4 is 22.9 Å². The van der Waals surface area contributed by atoms with Crippen molar-refractivity contribution in [3.63, 3.8) is 0 Å². The van der Waals surface area contributed by atoms with E-state index in [1.165, 1.54) is 10.9 Å². The van der Waals surface area contributed by atoms with Gasteiger partial charge in [-0.2, -0.15) is 0 Å². The van der Waals surface area contributed by atoms with E-state index in [4.69, 9.17) is 11.6 Å². The second-order valence-electron chi connectivity index (χ2n) is 3.02. The Bertz CT molecular complexity index is 462. The Kier molecular flexibility index (Phi) is 2.57. The summed E-state index contributed by atoms with van der Waals surface area (Å²) in [4.78, 5) is 1.22. The Labute approximate surface area is 91.0 Å². The van der Waals surface area contributed by atoms with Gasteiger partial charge in [0.1, 0.15) is 5.82 Å². The summed E-state index contributed by atoms with van der Waals surface area (Å²) in [5.41, 5.74) is 2.09. The molecule has 14 heavy (non-hydrogen) atoms. The maximum absolute atomic E-state index is 12.9. The molecule has 0 bridgehead atoms. The second kappa shape index (κ2) is 3.71. The number of thiophene rings is 1. The van der Waals surface area contributed by atoms with Gasteiger partial charge in [0.15, 0.2) is 0 Å². The van der Waals surface area contributed by atoms with Crippen LogP contribution in [-0.2, 0) is 0 Å². The van der Waals surface area contributed by atoms with Crippen LogP contribution in [0.1, 0.15) is 4.88 Å². The average Bonchev–Trinajstić information content (AvgIpc) is 2.57. The van der Waals surface area contributed by atoms with Crippen molar-refractivity contribution < 1.29 is 4.39 Å². The molecule has 2 aromatic rings. The van der Waals surface area contributed by atoms with Crippen molar-refractivity contribution in [2.45, 2.75) is 6.92 Å². The van der Waals surface area contributed by atoms with Gasteiger partial charge in [-0.25, -0.2) is 4.39 Å². The third-order valence-corrected chi connectivity index (χ3v) is 3.22. The van der Waals surface area contributed by atoms with Crippen LogP contribution in [0.15, 0.2) is 29.6 Å². The molecule has 1 heterocycles. The van der Waals surface area contributed by atoms with Gasteiger partial charge >= 0.3 is 0 Å². The molecule has 0 fully saturated rings. The zero-order valence-corrected chi connectivity index (χ0v) is 9.12. The van der Waals surface area contributed by atoms with E-state index in [0.29, 0.717) is 0 Å². The van der Waals surface area contributed by atoms with E-state index in [1.54, 1.807) is 23.5 Å². The fraction of sp³-hybridized carbons (Fsp3) is 0.0909. The van der Waals surface area contributed by atoms with Crippen LogP contribution in [0.4, 0.5) is 4.39 Å². The third kappa shape index (κ3) is 1.68. The van der Waals surface area contributed by atoms with Gasteiger partial charge in [0.2, 0.25) is 0 Å². The van der Waals surface area contributed by atoms with Crippen LogP contribution in [0.5, 0.6) is 0 Å². The first-order valence-corrected chi connectivity index (χ1v) is 5.44. The maximum atomic E-state index is 12.9. The van der Waals surface area contributed by atoms with Crippen molar-refractivity contribution in [2.75, 3.05) is 0 Å². The quantitative estimate of drug-likeness (QED) is 0.671. The molecule has 0 saturated heterocycles. The first-order valence-electron chi connectivity index (χ1n) is 4.18. The minimum absolute atomic E-state index is 0.174. The lowest BCUT2D eigenvalue weighted by molar-refractivity contribution is 0.628. The largest absolute Gasteiger partial charge is 0.205 e. The molecule has 0 atom stereocenters. The Hall–Kier alpha value is -0.860. The lowest BCUT2D eigenvalue weighted by atomic mass is 10.1. The van der Waals surface area contributed by atoms with Crippen molar-refractivity contribution in [1.82, 2.24) is 0 Å². The summed E-state index contributed by atoms with van der Waals surface area (Å²) < 4.78 is 12.9. The van der Waals surface area contributed by atoms with Gasteiger partial charge in [-0.1, -0.05) is 17.7 Å². The zero-order valence-electron chi connectivity index (χ0n) is 7.55. The van der Waals surface area contributed by atoms with E-state index in [-0.39, 0.29) is 10.8 Å². The molecular formula is C11H8ClFS. The minimum atomic E-state index is -0.372. The predicted molar refractivity (Wildman–Crippen MR) is 59.5 cm³/mol. The van der Waals surface area contributed by atoms with E-state index in [1.807, 2.05) is 18.4 Å². The van der Waals surface area contributed by atoms with Crippen LogP contribution in [-0.4, -0.2) is 0 Å². The molecule has 0 aliphatic rings. The Balaban J connectivity index is 2.53. The number of aryl methyl sites for hydroxylation is 1. The Morgan fingerprint density at radius 1 is 1.29 bits per heavy atom. The van der Waals surface area contributed by atoms with Gasteiger partial charge in [0, 0.05) is 4.88 Å². The summed E-state index contributed by atoms with van der Waals surface area (Å²) in [6.45, 7) is 2.04. The zero-order chi connectivity index (χ0) is 10.1. The molecule has 0 N–H and O–H groups in total. The van der Waals surface area contributed by atoms with Gasteiger partial charge in [0.25, 0.3) is 0 Å². The fourth-order valence-electron chi connectivity index (χ4n) is 1.35. The van der Waals surface area contributed by atoms with E-state index < -0.39 is 0 Å². The topological polar surface area (TPSA) is 0 Å². The molecule has 0 nitrogen and oxygen atoms in total. The highest BCUT2D eigenvalue weighted by atomic mass is 35.5. The molecule has 1 aromatic carbocycles. The number of halogens is 2. The monoisotopic (exact) mass is 226 g/mol. The second-order valence-corrected chi connectivity index (χ2v) is 4.55. The SMILES string of the molecule is Cc1sccc1-c1ccc(F)c(Cl)c1. The maximum Gasteiger partial charge on any atom is 0.141 e. The normalized spacial score (nSPS) is 10.5. The number of rotatable bonds is 1. The smallest absolute Gasteiger partial charge is 0.141 e. The highest BCUT2D eigenvalue weighted by Crippen LogP contribution is 2.29. The average molecular weight is 227 g/mol. The van der Waals surface area contributed by atoms with Gasteiger partial charge in [0.05, 0.1) is 5.02 Å². The third-order valence-electron chi connectivity index (χ3n) is 2.09. The first kappa shape index (κ1) is 9.69. The summed E-state index contributed by atoms with van der Waals surface area (Å²) in [5, 5.41) is 2.19. The highest BCUT2D eigenvalue weighted by molar-refractivity contribution is 7.10. The molecule has 3 heteroatoms. The number of hydrogen-bond acceptors (Lipinski definition) is 1. The molecule has 0 spiro atoms. The van der Waals surface area contributed by atoms with Gasteiger partial charge in [-0.3, -0.25) is 0 Å². The fourth-order valence-corrected chi connectivity index (χ4v) is 2.25. The molecule has 72 valence electrons. The molecule has 0 unspecified atom stereocenters. The van der Waals surface area contributed by atoms with Crippen molar-refractivity contribution in [3.8, 4) is 11.1 Å². The molecule has 0 radical (unpaired) electrons. The molecule has 0 aliphatic carbocycles. The van der Waals surface area contributed by atoms with Gasteiger partial charge < -0.3 is 0 Å². The predicted octanol–water partition coefficient (Wildman–Crippen LogP) is 4.52. The van der Waals surface area contributed by atoms with Crippen molar-refractivity contribution in [2.24, 2.45) is 0 Å².